The number of aromatic amines is 1. The smallest absolute Gasteiger partial charge is 0.326 e. The Balaban J connectivity index is 2.39. The lowest BCUT2D eigenvalue weighted by Gasteiger charge is -2.12. The number of nitrogens with zero attached hydrogens (tertiary/aromatic N) is 1. The molecule has 0 saturated carbocycles. The van der Waals surface area contributed by atoms with Crippen LogP contribution in [0.1, 0.15) is 23.0 Å². The van der Waals surface area contributed by atoms with E-state index in [1.807, 2.05) is 0 Å². The zero-order valence-electron chi connectivity index (χ0n) is 13.6. The predicted molar refractivity (Wildman–Crippen MR) is 93.0 cm³/mol. The normalized spacial score (nSPS) is 12.7. The van der Waals surface area contributed by atoms with Gasteiger partial charge in [-0.2, -0.15) is 13.2 Å². The molecule has 11 heteroatoms. The van der Waals surface area contributed by atoms with E-state index in [1.54, 1.807) is 6.92 Å². The Bertz CT molecular complexity index is 913. The van der Waals surface area contributed by atoms with E-state index in [0.717, 1.165) is 17.8 Å². The first-order chi connectivity index (χ1) is 12.1. The Hall–Kier alpha value is -2.14. The highest BCUT2D eigenvalue weighted by atomic mass is 32.2. The summed E-state index contributed by atoms with van der Waals surface area (Å²) < 4.78 is 50.0. The number of carbonyl (C=O) groups excluding carboxylic acids is 1. The van der Waals surface area contributed by atoms with Crippen molar-refractivity contribution in [2.24, 2.45) is 0 Å². The van der Waals surface area contributed by atoms with Crippen LogP contribution in [0, 0.1) is 0 Å². The molecule has 0 spiro atoms. The largest absolute Gasteiger partial charge is 0.417 e. The number of pyridine rings is 2. The van der Waals surface area contributed by atoms with Gasteiger partial charge in [0.15, 0.2) is 0 Å². The number of amides is 1. The highest BCUT2D eigenvalue weighted by molar-refractivity contribution is 7.99. The average Bonchev–Trinajstić information content (AvgIpc) is 2.56. The maximum absolute atomic E-state index is 12.8. The van der Waals surface area contributed by atoms with Crippen LogP contribution in [0.5, 0.6) is 0 Å². The minimum Gasteiger partial charge on any atom is -0.326 e. The summed E-state index contributed by atoms with van der Waals surface area (Å²) in [5.74, 6) is -0.409. The van der Waals surface area contributed by atoms with Crippen LogP contribution in [0.2, 0.25) is 0 Å². The second kappa shape index (κ2) is 8.04. The summed E-state index contributed by atoms with van der Waals surface area (Å²) in [5.41, 5.74) is -2.00. The van der Waals surface area contributed by atoms with Crippen molar-refractivity contribution in [1.82, 2.24) is 9.97 Å². The number of rotatable bonds is 5. The highest BCUT2D eigenvalue weighted by Gasteiger charge is 2.32. The molecule has 6 nitrogen and oxygen atoms in total. The molecule has 0 aromatic carbocycles. The molecule has 0 saturated heterocycles. The molecule has 2 aromatic heterocycles. The van der Waals surface area contributed by atoms with Crippen LogP contribution in [0.4, 0.5) is 18.9 Å². The summed E-state index contributed by atoms with van der Waals surface area (Å²) in [4.78, 5) is 30.5. The fourth-order valence-electron chi connectivity index (χ4n) is 1.94. The standard InChI is InChI=1S/C15H14F3N3O3S2/c1-3-25-11-4-8(15(16,17)18)6-19-12(11)14(23)21-10-5-9(26(2)24)7-20-13(10)22/h4-7H,3H2,1-2H3,(H,20,22)(H,21,23). The van der Waals surface area contributed by atoms with Gasteiger partial charge < -0.3 is 10.3 Å². The quantitative estimate of drug-likeness (QED) is 0.747. The molecule has 0 fully saturated rings. The molecule has 1 atom stereocenters. The van der Waals surface area contributed by atoms with Crippen LogP contribution in [0.15, 0.2) is 39.1 Å². The lowest BCUT2D eigenvalue weighted by molar-refractivity contribution is -0.138. The maximum atomic E-state index is 12.8. The third-order valence-corrected chi connectivity index (χ3v) is 4.96. The van der Waals surface area contributed by atoms with E-state index in [9.17, 15) is 27.0 Å². The maximum Gasteiger partial charge on any atom is 0.417 e. The summed E-state index contributed by atoms with van der Waals surface area (Å²) in [6, 6.07) is 2.08. The van der Waals surface area contributed by atoms with E-state index in [-0.39, 0.29) is 21.2 Å². The third-order valence-electron chi connectivity index (χ3n) is 3.15. The zero-order chi connectivity index (χ0) is 19.5. The minimum absolute atomic E-state index is 0.0477. The molecule has 0 bridgehead atoms. The van der Waals surface area contributed by atoms with E-state index in [2.05, 4.69) is 15.3 Å². The molecule has 0 radical (unpaired) electrons. The van der Waals surface area contributed by atoms with Crippen molar-refractivity contribution in [1.29, 1.82) is 0 Å². The van der Waals surface area contributed by atoms with E-state index >= 15 is 0 Å². The van der Waals surface area contributed by atoms with E-state index in [0.29, 0.717) is 11.9 Å². The molecule has 2 heterocycles. The highest BCUT2D eigenvalue weighted by Crippen LogP contribution is 2.32. The molecular formula is C15H14F3N3O3S2. The number of thioether (sulfide) groups is 1. The summed E-state index contributed by atoms with van der Waals surface area (Å²) in [5, 5.41) is 2.30. The second-order valence-electron chi connectivity index (χ2n) is 4.99. The molecule has 2 aromatic rings. The van der Waals surface area contributed by atoms with Gasteiger partial charge in [0.2, 0.25) is 0 Å². The monoisotopic (exact) mass is 405 g/mol. The Morgan fingerprint density at radius 3 is 2.65 bits per heavy atom. The number of alkyl halides is 3. The van der Waals surface area contributed by atoms with Crippen molar-refractivity contribution in [2.75, 3.05) is 17.3 Å². The van der Waals surface area contributed by atoms with Crippen molar-refractivity contribution < 1.29 is 22.2 Å². The van der Waals surface area contributed by atoms with Gasteiger partial charge in [-0.15, -0.1) is 11.8 Å². The summed E-state index contributed by atoms with van der Waals surface area (Å²) in [6.07, 6.45) is -1.37. The summed E-state index contributed by atoms with van der Waals surface area (Å²) in [6.45, 7) is 1.72. The lowest BCUT2D eigenvalue weighted by atomic mass is 10.2. The Kier molecular flexibility index (Phi) is 6.24. The molecule has 2 rings (SSSR count). The van der Waals surface area contributed by atoms with Gasteiger partial charge in [-0.05, 0) is 17.9 Å². The van der Waals surface area contributed by atoms with Crippen LogP contribution in [-0.4, -0.2) is 32.1 Å². The predicted octanol–water partition coefficient (Wildman–Crippen LogP) is 2.89. The number of carbonyl (C=O) groups is 1. The van der Waals surface area contributed by atoms with Crippen molar-refractivity contribution in [2.45, 2.75) is 22.9 Å². The molecule has 1 unspecified atom stereocenters. The molecule has 26 heavy (non-hydrogen) atoms. The number of hydrogen-bond donors (Lipinski definition) is 2. The van der Waals surface area contributed by atoms with Crippen molar-refractivity contribution in [3.05, 3.63) is 46.1 Å². The van der Waals surface area contributed by atoms with E-state index < -0.39 is 34.0 Å². The van der Waals surface area contributed by atoms with Gasteiger partial charge >= 0.3 is 6.18 Å². The third kappa shape index (κ3) is 4.73. The average molecular weight is 405 g/mol. The van der Waals surface area contributed by atoms with Gasteiger partial charge in [0.05, 0.1) is 21.3 Å². The molecule has 0 aliphatic carbocycles. The van der Waals surface area contributed by atoms with Gasteiger partial charge in [-0.3, -0.25) is 13.8 Å². The van der Waals surface area contributed by atoms with Gasteiger partial charge in [0.1, 0.15) is 11.4 Å². The molecule has 140 valence electrons. The summed E-state index contributed by atoms with van der Waals surface area (Å²) >= 11 is 1.03. The fourth-order valence-corrected chi connectivity index (χ4v) is 3.25. The van der Waals surface area contributed by atoms with Crippen LogP contribution in [0.3, 0.4) is 0 Å². The van der Waals surface area contributed by atoms with E-state index in [4.69, 9.17) is 0 Å². The van der Waals surface area contributed by atoms with Crippen LogP contribution in [0.25, 0.3) is 0 Å². The Labute approximate surface area is 153 Å². The second-order valence-corrected chi connectivity index (χ2v) is 7.67. The van der Waals surface area contributed by atoms with Crippen molar-refractivity contribution in [3.8, 4) is 0 Å². The number of aromatic nitrogens is 2. The summed E-state index contributed by atoms with van der Waals surface area (Å²) in [7, 11) is -1.39. The minimum atomic E-state index is -4.58. The van der Waals surface area contributed by atoms with Crippen LogP contribution < -0.4 is 10.9 Å². The fraction of sp³-hybridized carbons (Fsp3) is 0.267. The first-order valence-electron chi connectivity index (χ1n) is 7.21. The van der Waals surface area contributed by atoms with Gasteiger partial charge in [0, 0.05) is 23.5 Å². The zero-order valence-corrected chi connectivity index (χ0v) is 15.3. The molecule has 0 aliphatic heterocycles. The number of halogens is 3. The van der Waals surface area contributed by atoms with Crippen LogP contribution >= 0.6 is 11.8 Å². The number of anilines is 1. The Morgan fingerprint density at radius 1 is 1.38 bits per heavy atom. The lowest BCUT2D eigenvalue weighted by Crippen LogP contribution is -2.22. The van der Waals surface area contributed by atoms with Gasteiger partial charge in [-0.25, -0.2) is 4.98 Å². The van der Waals surface area contributed by atoms with Crippen LogP contribution in [-0.2, 0) is 17.0 Å². The molecule has 0 aliphatic rings. The van der Waals surface area contributed by atoms with E-state index in [1.165, 1.54) is 18.5 Å². The molecular weight excluding hydrogens is 391 g/mol. The van der Waals surface area contributed by atoms with Gasteiger partial charge in [-0.1, -0.05) is 6.92 Å². The molecule has 1 amide bonds. The van der Waals surface area contributed by atoms with Crippen molar-refractivity contribution in [3.63, 3.8) is 0 Å². The first kappa shape index (κ1) is 20.2. The van der Waals surface area contributed by atoms with Crippen molar-refractivity contribution >= 4 is 34.2 Å². The van der Waals surface area contributed by atoms with Gasteiger partial charge in [0.25, 0.3) is 11.5 Å². The first-order valence-corrected chi connectivity index (χ1v) is 9.75. The number of hydrogen-bond acceptors (Lipinski definition) is 5. The SMILES string of the molecule is CCSc1cc(C(F)(F)F)cnc1C(=O)Nc1cc(S(C)=O)c[nH]c1=O. The number of nitrogens with one attached hydrogen (secondary N) is 2. The topological polar surface area (TPSA) is 91.9 Å². The number of H-pyrrole nitrogens is 1. The Morgan fingerprint density at radius 2 is 2.08 bits per heavy atom. The molecule has 2 N–H and O–H groups in total.